The number of anilines is 1. The van der Waals surface area contributed by atoms with Gasteiger partial charge in [-0.05, 0) is 50.5 Å². The largest absolute Gasteiger partial charge is 0.466 e. The smallest absolute Gasteiger partial charge is 0.310 e. The number of nitrogens with zero attached hydrogens (tertiary/aromatic N) is 1. The molecule has 1 aliphatic carbocycles. The van der Waals surface area contributed by atoms with E-state index >= 15 is 0 Å². The maximum Gasteiger partial charge on any atom is 0.310 e. The first-order chi connectivity index (χ1) is 14.8. The average Bonchev–Trinajstić information content (AvgIpc) is 3.06. The van der Waals surface area contributed by atoms with Crippen LogP contribution in [0.25, 0.3) is 0 Å². The van der Waals surface area contributed by atoms with Crippen LogP contribution in [0.5, 0.6) is 0 Å². The van der Waals surface area contributed by atoms with Crippen LogP contribution in [0.1, 0.15) is 27.2 Å². The molecule has 1 aromatic rings. The van der Waals surface area contributed by atoms with Gasteiger partial charge in [-0.15, -0.1) is 0 Å². The van der Waals surface area contributed by atoms with Gasteiger partial charge < -0.3 is 20.1 Å². The highest BCUT2D eigenvalue weighted by atomic mass is 35.5. The van der Waals surface area contributed by atoms with Crippen LogP contribution in [0, 0.1) is 23.7 Å². The normalized spacial score (nSPS) is 28.2. The fraction of sp³-hybridized carbons (Fsp3) is 0.522. The van der Waals surface area contributed by atoms with Crippen molar-refractivity contribution >= 4 is 35.1 Å². The van der Waals surface area contributed by atoms with E-state index in [1.54, 1.807) is 38.1 Å². The van der Waals surface area contributed by atoms with Crippen molar-refractivity contribution in [2.45, 2.75) is 39.3 Å². The van der Waals surface area contributed by atoms with E-state index in [0.717, 1.165) is 0 Å². The lowest BCUT2D eigenvalue weighted by Crippen LogP contribution is -2.49. The number of hydrogen-bond acceptors (Lipinski definition) is 5. The second-order valence-corrected chi connectivity index (χ2v) is 8.49. The summed E-state index contributed by atoms with van der Waals surface area (Å²) in [6.45, 7) is 5.31. The van der Waals surface area contributed by atoms with Crippen LogP contribution in [0.4, 0.5) is 5.69 Å². The highest BCUT2D eigenvalue weighted by Crippen LogP contribution is 2.46. The zero-order chi connectivity index (χ0) is 22.7. The van der Waals surface area contributed by atoms with E-state index in [4.69, 9.17) is 16.3 Å². The summed E-state index contributed by atoms with van der Waals surface area (Å²) in [6, 6.07) is 5.27. The number of likely N-dealkylation sites (tertiary alicyclic amines) is 1. The number of aliphatic hydroxyl groups excluding tert-OH is 1. The molecule has 1 fully saturated rings. The molecule has 2 aliphatic rings. The van der Waals surface area contributed by atoms with Crippen molar-refractivity contribution in [2.75, 3.05) is 18.5 Å². The molecular weight excluding hydrogens is 420 g/mol. The SMILES string of the molecule is CCOC(=O)[C@H]1[C@H]2C(=O)N([C@H](C)CO)[C@H](C(=O)Nc3ccc(Cl)cc3)[C@H]2C=C[C@H]1CC. The predicted octanol–water partition coefficient (Wildman–Crippen LogP) is 2.88. The summed E-state index contributed by atoms with van der Waals surface area (Å²) in [5.41, 5.74) is 0.551. The Kier molecular flexibility index (Phi) is 7.38. The van der Waals surface area contributed by atoms with E-state index in [2.05, 4.69) is 5.32 Å². The van der Waals surface area contributed by atoms with E-state index in [0.29, 0.717) is 17.1 Å². The molecule has 0 unspecified atom stereocenters. The van der Waals surface area contributed by atoms with Gasteiger partial charge in [0.1, 0.15) is 6.04 Å². The number of allylic oxidation sites excluding steroid dienone is 1. The Balaban J connectivity index is 1.98. The average molecular weight is 449 g/mol. The van der Waals surface area contributed by atoms with Crippen LogP contribution >= 0.6 is 11.6 Å². The number of carbonyl (C=O) groups excluding carboxylic acids is 3. The van der Waals surface area contributed by atoms with Crippen molar-refractivity contribution in [3.05, 3.63) is 41.4 Å². The minimum atomic E-state index is -0.846. The van der Waals surface area contributed by atoms with Gasteiger partial charge in [0, 0.05) is 16.6 Å². The number of amides is 2. The summed E-state index contributed by atoms with van der Waals surface area (Å²) < 4.78 is 5.29. The van der Waals surface area contributed by atoms with E-state index in [1.165, 1.54) is 4.90 Å². The molecule has 0 spiro atoms. The molecular formula is C23H29ClN2O5. The topological polar surface area (TPSA) is 95.9 Å². The monoisotopic (exact) mass is 448 g/mol. The molecule has 2 amide bonds. The number of nitrogens with one attached hydrogen (secondary N) is 1. The number of rotatable bonds is 7. The zero-order valence-corrected chi connectivity index (χ0v) is 18.7. The number of benzene rings is 1. The summed E-state index contributed by atoms with van der Waals surface area (Å²) in [7, 11) is 0. The van der Waals surface area contributed by atoms with Crippen molar-refractivity contribution in [3.8, 4) is 0 Å². The molecule has 2 N–H and O–H groups in total. The van der Waals surface area contributed by atoms with Crippen LogP contribution in [0.2, 0.25) is 5.02 Å². The molecule has 1 heterocycles. The lowest BCUT2D eigenvalue weighted by Gasteiger charge is -2.33. The Morgan fingerprint density at radius 1 is 1.23 bits per heavy atom. The number of hydrogen-bond donors (Lipinski definition) is 2. The van der Waals surface area contributed by atoms with Crippen molar-refractivity contribution < 1.29 is 24.2 Å². The Labute approximate surface area is 187 Å². The first-order valence-corrected chi connectivity index (χ1v) is 11.1. The van der Waals surface area contributed by atoms with E-state index in [-0.39, 0.29) is 30.9 Å². The van der Waals surface area contributed by atoms with Gasteiger partial charge in [0.05, 0.1) is 31.1 Å². The van der Waals surface area contributed by atoms with Gasteiger partial charge in [-0.25, -0.2) is 0 Å². The molecule has 1 aromatic carbocycles. The minimum absolute atomic E-state index is 0.145. The molecule has 31 heavy (non-hydrogen) atoms. The zero-order valence-electron chi connectivity index (χ0n) is 18.0. The third kappa shape index (κ3) is 4.48. The molecule has 0 aromatic heterocycles. The van der Waals surface area contributed by atoms with Crippen LogP contribution in [0.3, 0.4) is 0 Å². The lowest BCUT2D eigenvalue weighted by molar-refractivity contribution is -0.156. The summed E-state index contributed by atoms with van der Waals surface area (Å²) in [6.07, 6.45) is 4.47. The molecule has 7 nitrogen and oxygen atoms in total. The van der Waals surface area contributed by atoms with E-state index in [9.17, 15) is 19.5 Å². The molecule has 3 rings (SSSR count). The van der Waals surface area contributed by atoms with Crippen LogP contribution in [-0.2, 0) is 19.1 Å². The molecule has 0 radical (unpaired) electrons. The van der Waals surface area contributed by atoms with Gasteiger partial charge in [0.2, 0.25) is 11.8 Å². The number of fused-ring (bicyclic) bond motifs is 1. The van der Waals surface area contributed by atoms with Gasteiger partial charge >= 0.3 is 5.97 Å². The summed E-state index contributed by atoms with van der Waals surface area (Å²) in [5.74, 6) is -3.09. The van der Waals surface area contributed by atoms with Gasteiger partial charge in [0.15, 0.2) is 0 Å². The molecule has 0 bridgehead atoms. The molecule has 0 saturated carbocycles. The van der Waals surface area contributed by atoms with Crippen molar-refractivity contribution in [2.24, 2.45) is 23.7 Å². The Morgan fingerprint density at radius 3 is 2.48 bits per heavy atom. The fourth-order valence-corrected chi connectivity index (χ4v) is 4.84. The van der Waals surface area contributed by atoms with Gasteiger partial charge in [-0.3, -0.25) is 14.4 Å². The van der Waals surface area contributed by atoms with E-state index < -0.39 is 35.8 Å². The number of esters is 1. The maximum atomic E-state index is 13.5. The molecule has 8 heteroatoms. The standard InChI is InChI=1S/C23H29ClN2O5/c1-4-14-6-11-17-19(18(14)23(30)31-5-2)22(29)26(13(3)12-27)20(17)21(28)25-16-9-7-15(24)8-10-16/h6-11,13-14,17-20,27H,4-5,12H2,1-3H3,(H,25,28)/t13-,14-,17+,18-,19+,20+/m1/s1. The molecule has 168 valence electrons. The van der Waals surface area contributed by atoms with Crippen molar-refractivity contribution in [3.63, 3.8) is 0 Å². The van der Waals surface area contributed by atoms with Crippen LogP contribution in [-0.4, -0.2) is 53.1 Å². The summed E-state index contributed by atoms with van der Waals surface area (Å²) >= 11 is 5.92. The quantitative estimate of drug-likeness (QED) is 0.494. The van der Waals surface area contributed by atoms with Crippen molar-refractivity contribution in [1.82, 2.24) is 4.90 Å². The van der Waals surface area contributed by atoms with Crippen LogP contribution < -0.4 is 5.32 Å². The maximum absolute atomic E-state index is 13.5. The third-order valence-electron chi connectivity index (χ3n) is 6.20. The third-order valence-corrected chi connectivity index (χ3v) is 6.45. The molecule has 6 atom stereocenters. The Hall–Kier alpha value is -2.38. The number of aliphatic hydroxyl groups is 1. The highest BCUT2D eigenvalue weighted by molar-refractivity contribution is 6.30. The van der Waals surface area contributed by atoms with Gasteiger partial charge in [-0.2, -0.15) is 0 Å². The second kappa shape index (κ2) is 9.83. The first-order valence-electron chi connectivity index (χ1n) is 10.7. The lowest BCUT2D eigenvalue weighted by atomic mass is 9.69. The first kappa shape index (κ1) is 23.3. The fourth-order valence-electron chi connectivity index (χ4n) is 4.71. The van der Waals surface area contributed by atoms with E-state index in [1.807, 2.05) is 19.1 Å². The summed E-state index contributed by atoms with van der Waals surface area (Å²) in [5, 5.41) is 13.2. The number of carbonyl (C=O) groups is 3. The number of halogens is 1. The van der Waals surface area contributed by atoms with Gasteiger partial charge in [-0.1, -0.05) is 30.7 Å². The Bertz CT molecular complexity index is 856. The second-order valence-electron chi connectivity index (χ2n) is 8.06. The van der Waals surface area contributed by atoms with Crippen LogP contribution in [0.15, 0.2) is 36.4 Å². The van der Waals surface area contributed by atoms with Gasteiger partial charge in [0.25, 0.3) is 0 Å². The summed E-state index contributed by atoms with van der Waals surface area (Å²) in [4.78, 5) is 41.1. The minimum Gasteiger partial charge on any atom is -0.466 e. The molecule has 1 saturated heterocycles. The highest BCUT2D eigenvalue weighted by Gasteiger charge is 2.58. The molecule has 1 aliphatic heterocycles. The predicted molar refractivity (Wildman–Crippen MR) is 117 cm³/mol. The Morgan fingerprint density at radius 2 is 1.90 bits per heavy atom. The number of ether oxygens (including phenoxy) is 1. The van der Waals surface area contributed by atoms with Crippen molar-refractivity contribution in [1.29, 1.82) is 0 Å².